The van der Waals surface area contributed by atoms with Crippen LogP contribution in [0.25, 0.3) is 6.08 Å². The molecule has 1 aliphatic heterocycles. The van der Waals surface area contributed by atoms with Gasteiger partial charge in [0.25, 0.3) is 0 Å². The van der Waals surface area contributed by atoms with E-state index in [-0.39, 0.29) is 6.04 Å². The van der Waals surface area contributed by atoms with Gasteiger partial charge in [0.2, 0.25) is 10.0 Å². The minimum absolute atomic E-state index is 0.0275. The molecule has 5 nitrogen and oxygen atoms in total. The molecule has 0 bridgehead atoms. The van der Waals surface area contributed by atoms with E-state index in [0.717, 1.165) is 37.4 Å². The lowest BCUT2D eigenvalue weighted by atomic mass is 10.2. The largest absolute Gasteiger partial charge is 0.496 e. The van der Waals surface area contributed by atoms with Crippen molar-refractivity contribution in [2.45, 2.75) is 12.5 Å². The van der Waals surface area contributed by atoms with Crippen molar-refractivity contribution in [2.75, 3.05) is 33.0 Å². The number of nitrogens with zero attached hydrogens (tertiary/aromatic N) is 1. The van der Waals surface area contributed by atoms with E-state index in [1.807, 2.05) is 30.3 Å². The first kappa shape index (κ1) is 16.0. The van der Waals surface area contributed by atoms with Crippen LogP contribution in [0.5, 0.6) is 5.75 Å². The predicted molar refractivity (Wildman–Crippen MR) is 84.9 cm³/mol. The first-order valence-corrected chi connectivity index (χ1v) is 8.86. The number of likely N-dealkylation sites (tertiary alicyclic amines) is 1. The second-order valence-electron chi connectivity index (χ2n) is 5.28. The molecule has 1 aliphatic rings. The van der Waals surface area contributed by atoms with Gasteiger partial charge in [0.15, 0.2) is 0 Å². The molecule has 1 saturated heterocycles. The summed E-state index contributed by atoms with van der Waals surface area (Å²) >= 11 is 0. The Labute approximate surface area is 126 Å². The van der Waals surface area contributed by atoms with Crippen LogP contribution in [-0.4, -0.2) is 52.4 Å². The van der Waals surface area contributed by atoms with E-state index in [4.69, 9.17) is 4.74 Å². The number of benzene rings is 1. The van der Waals surface area contributed by atoms with Crippen LogP contribution in [0.15, 0.2) is 30.3 Å². The smallest absolute Gasteiger partial charge is 0.208 e. The molecule has 1 atom stereocenters. The van der Waals surface area contributed by atoms with Gasteiger partial charge in [-0.1, -0.05) is 30.4 Å². The Morgan fingerprint density at radius 1 is 1.43 bits per heavy atom. The molecule has 2 rings (SSSR count). The van der Waals surface area contributed by atoms with Gasteiger partial charge in [-0.2, -0.15) is 0 Å². The van der Waals surface area contributed by atoms with Crippen LogP contribution in [0.3, 0.4) is 0 Å². The third-order valence-corrected chi connectivity index (χ3v) is 4.21. The number of para-hydroxylation sites is 1. The fraction of sp³-hybridized carbons (Fsp3) is 0.467. The quantitative estimate of drug-likeness (QED) is 0.861. The molecule has 0 saturated carbocycles. The minimum atomic E-state index is -3.11. The van der Waals surface area contributed by atoms with Crippen molar-refractivity contribution in [3.05, 3.63) is 35.9 Å². The molecule has 1 aromatic rings. The zero-order chi connectivity index (χ0) is 15.3. The lowest BCUT2D eigenvalue weighted by molar-refractivity contribution is 0.369. The number of hydrogen-bond donors (Lipinski definition) is 1. The van der Waals surface area contributed by atoms with Crippen LogP contribution in [0.1, 0.15) is 12.0 Å². The first-order chi connectivity index (χ1) is 9.98. The SMILES string of the molecule is COc1ccccc1C=CCN1CCC(NS(C)(=O)=O)C1. The molecule has 1 unspecified atom stereocenters. The topological polar surface area (TPSA) is 58.6 Å². The van der Waals surface area contributed by atoms with Crippen molar-refractivity contribution in [2.24, 2.45) is 0 Å². The molecule has 0 aliphatic carbocycles. The maximum absolute atomic E-state index is 11.2. The van der Waals surface area contributed by atoms with Crippen molar-refractivity contribution in [1.29, 1.82) is 0 Å². The third-order valence-electron chi connectivity index (χ3n) is 3.45. The number of hydrogen-bond acceptors (Lipinski definition) is 4. The molecule has 1 aromatic carbocycles. The van der Waals surface area contributed by atoms with Gasteiger partial charge in [-0.15, -0.1) is 0 Å². The number of nitrogens with one attached hydrogen (secondary N) is 1. The number of rotatable bonds is 6. The molecule has 1 fully saturated rings. The van der Waals surface area contributed by atoms with Gasteiger partial charge in [0, 0.05) is 31.2 Å². The molecule has 116 valence electrons. The summed E-state index contributed by atoms with van der Waals surface area (Å²) in [5, 5.41) is 0. The highest BCUT2D eigenvalue weighted by atomic mass is 32.2. The van der Waals surface area contributed by atoms with E-state index in [1.165, 1.54) is 6.26 Å². The zero-order valence-electron chi connectivity index (χ0n) is 12.5. The van der Waals surface area contributed by atoms with Gasteiger partial charge in [0.05, 0.1) is 13.4 Å². The van der Waals surface area contributed by atoms with Crippen molar-refractivity contribution >= 4 is 16.1 Å². The van der Waals surface area contributed by atoms with Gasteiger partial charge in [0.1, 0.15) is 5.75 Å². The second-order valence-corrected chi connectivity index (χ2v) is 7.06. The predicted octanol–water partition coefficient (Wildman–Crippen LogP) is 1.33. The van der Waals surface area contributed by atoms with Gasteiger partial charge in [-0.05, 0) is 12.5 Å². The number of ether oxygens (including phenoxy) is 1. The maximum Gasteiger partial charge on any atom is 0.208 e. The Hall–Kier alpha value is -1.37. The minimum Gasteiger partial charge on any atom is -0.496 e. The molecule has 0 spiro atoms. The van der Waals surface area contributed by atoms with Gasteiger partial charge < -0.3 is 4.74 Å². The molecule has 1 heterocycles. The van der Waals surface area contributed by atoms with E-state index in [0.29, 0.717) is 0 Å². The summed E-state index contributed by atoms with van der Waals surface area (Å²) in [4.78, 5) is 2.23. The average molecular weight is 310 g/mol. The Bertz CT molecular complexity index is 599. The van der Waals surface area contributed by atoms with Crippen LogP contribution in [0.2, 0.25) is 0 Å². The van der Waals surface area contributed by atoms with Crippen molar-refractivity contribution in [3.8, 4) is 5.75 Å². The average Bonchev–Trinajstić information content (AvgIpc) is 2.84. The van der Waals surface area contributed by atoms with Crippen LogP contribution < -0.4 is 9.46 Å². The van der Waals surface area contributed by atoms with Crippen molar-refractivity contribution < 1.29 is 13.2 Å². The molecular weight excluding hydrogens is 288 g/mol. The lowest BCUT2D eigenvalue weighted by Gasteiger charge is -2.14. The van der Waals surface area contributed by atoms with Gasteiger partial charge in [-0.3, -0.25) is 4.90 Å². The fourth-order valence-electron chi connectivity index (χ4n) is 2.53. The third kappa shape index (κ3) is 5.15. The standard InChI is InChI=1S/C15H22N2O3S/c1-20-15-8-4-3-6-13(15)7-5-10-17-11-9-14(12-17)16-21(2,18)19/h3-8,14,16H,9-12H2,1-2H3. The molecular formula is C15H22N2O3S. The van der Waals surface area contributed by atoms with Crippen LogP contribution >= 0.6 is 0 Å². The number of sulfonamides is 1. The van der Waals surface area contributed by atoms with Crippen LogP contribution in [0.4, 0.5) is 0 Å². The van der Waals surface area contributed by atoms with Crippen molar-refractivity contribution in [3.63, 3.8) is 0 Å². The van der Waals surface area contributed by atoms with Crippen LogP contribution in [0, 0.1) is 0 Å². The highest BCUT2D eigenvalue weighted by Crippen LogP contribution is 2.19. The second kappa shape index (κ2) is 7.06. The summed E-state index contributed by atoms with van der Waals surface area (Å²) in [5.74, 6) is 0.854. The summed E-state index contributed by atoms with van der Waals surface area (Å²) < 4.78 is 30.4. The molecule has 6 heteroatoms. The van der Waals surface area contributed by atoms with Crippen LogP contribution in [-0.2, 0) is 10.0 Å². The molecule has 1 N–H and O–H groups in total. The Morgan fingerprint density at radius 2 is 2.19 bits per heavy atom. The highest BCUT2D eigenvalue weighted by Gasteiger charge is 2.23. The van der Waals surface area contributed by atoms with E-state index in [1.54, 1.807) is 7.11 Å². The molecule has 0 aromatic heterocycles. The van der Waals surface area contributed by atoms with Gasteiger partial charge in [-0.25, -0.2) is 13.1 Å². The molecule has 21 heavy (non-hydrogen) atoms. The summed E-state index contributed by atoms with van der Waals surface area (Å²) in [6.45, 7) is 2.47. The van der Waals surface area contributed by atoms with E-state index >= 15 is 0 Å². The summed E-state index contributed by atoms with van der Waals surface area (Å²) in [5.41, 5.74) is 1.05. The normalized spacial score (nSPS) is 20.2. The van der Waals surface area contributed by atoms with E-state index < -0.39 is 10.0 Å². The summed E-state index contributed by atoms with van der Waals surface area (Å²) in [7, 11) is -1.45. The zero-order valence-corrected chi connectivity index (χ0v) is 13.3. The Kier molecular flexibility index (Phi) is 5.39. The lowest BCUT2D eigenvalue weighted by Crippen LogP contribution is -2.36. The van der Waals surface area contributed by atoms with Crippen molar-refractivity contribution in [1.82, 2.24) is 9.62 Å². The molecule has 0 radical (unpaired) electrons. The first-order valence-electron chi connectivity index (χ1n) is 6.97. The van der Waals surface area contributed by atoms with E-state index in [9.17, 15) is 8.42 Å². The summed E-state index contributed by atoms with van der Waals surface area (Å²) in [6, 6.07) is 7.89. The fourth-order valence-corrected chi connectivity index (χ4v) is 3.33. The van der Waals surface area contributed by atoms with E-state index in [2.05, 4.69) is 15.7 Å². The van der Waals surface area contributed by atoms with Gasteiger partial charge >= 0.3 is 0 Å². The Balaban J connectivity index is 1.85. The monoisotopic (exact) mass is 310 g/mol. The number of methoxy groups -OCH3 is 1. The Morgan fingerprint density at radius 3 is 2.90 bits per heavy atom. The molecule has 0 amide bonds. The summed E-state index contributed by atoms with van der Waals surface area (Å²) in [6.07, 6.45) is 6.18. The maximum atomic E-state index is 11.2. The highest BCUT2D eigenvalue weighted by molar-refractivity contribution is 7.88.